The summed E-state index contributed by atoms with van der Waals surface area (Å²) in [7, 11) is 0. The number of aromatic nitrogens is 3. The minimum Gasteiger partial charge on any atom is -0.294 e. The third kappa shape index (κ3) is 5.18. The van der Waals surface area contributed by atoms with E-state index in [4.69, 9.17) is 9.97 Å². The van der Waals surface area contributed by atoms with Gasteiger partial charge in [-0.2, -0.15) is 0 Å². The van der Waals surface area contributed by atoms with Gasteiger partial charge in [-0.05, 0) is 45.5 Å². The van der Waals surface area contributed by atoms with E-state index in [0.29, 0.717) is 5.82 Å². The van der Waals surface area contributed by atoms with Crippen LogP contribution in [-0.2, 0) is 0 Å². The summed E-state index contributed by atoms with van der Waals surface area (Å²) in [4.78, 5) is 10.6. The molecule has 0 bridgehead atoms. The van der Waals surface area contributed by atoms with Crippen molar-refractivity contribution in [1.82, 2.24) is 14.5 Å². The number of hydrogen-bond acceptors (Lipinski definition) is 2. The minimum absolute atomic E-state index is 0.687. The summed E-state index contributed by atoms with van der Waals surface area (Å²) in [6, 6.07) is 66.1. The molecule has 7 aromatic carbocycles. The van der Waals surface area contributed by atoms with E-state index in [1.807, 2.05) is 6.07 Å². The fourth-order valence-corrected chi connectivity index (χ4v) is 6.96. The Kier molecular flexibility index (Phi) is 7.14. The zero-order valence-electron chi connectivity index (χ0n) is 26.7. The molecular formula is C46H31N3. The molecule has 0 aliphatic carbocycles. The van der Waals surface area contributed by atoms with Crippen LogP contribution >= 0.6 is 0 Å². The number of benzene rings is 7. The maximum Gasteiger partial charge on any atom is 0.162 e. The number of hydrogen-bond donors (Lipinski definition) is 0. The van der Waals surface area contributed by atoms with Gasteiger partial charge in [0.15, 0.2) is 5.82 Å². The van der Waals surface area contributed by atoms with Gasteiger partial charge in [0.25, 0.3) is 0 Å². The molecule has 0 atom stereocenters. The van der Waals surface area contributed by atoms with Gasteiger partial charge >= 0.3 is 0 Å². The largest absolute Gasteiger partial charge is 0.294 e. The fraction of sp³-hybridized carbons (Fsp3) is 0. The summed E-state index contributed by atoms with van der Waals surface area (Å²) in [5.41, 5.74) is 12.1. The summed E-state index contributed by atoms with van der Waals surface area (Å²) in [5, 5.41) is 2.40. The first kappa shape index (κ1) is 28.6. The lowest BCUT2D eigenvalue weighted by Gasteiger charge is -2.15. The van der Waals surface area contributed by atoms with Crippen molar-refractivity contribution in [3.8, 4) is 61.8 Å². The molecule has 0 fully saturated rings. The zero-order chi connectivity index (χ0) is 32.6. The van der Waals surface area contributed by atoms with E-state index in [0.717, 1.165) is 50.4 Å². The highest BCUT2D eigenvalue weighted by atomic mass is 15.1. The third-order valence-electron chi connectivity index (χ3n) is 9.28. The molecule has 0 spiro atoms. The second-order valence-corrected chi connectivity index (χ2v) is 12.2. The lowest BCUT2D eigenvalue weighted by molar-refractivity contribution is 1.05. The van der Waals surface area contributed by atoms with Crippen LogP contribution in [0.3, 0.4) is 0 Å². The molecule has 2 heterocycles. The lowest BCUT2D eigenvalue weighted by Crippen LogP contribution is -2.03. The standard InChI is InChI=1S/C46H31N3/c1-3-15-32(16-4-1)36-19-7-8-20-37(36)34-27-29-35(30-28-34)42-31-45(49-43-25-13-11-22-39(43)40-23-12-14-26-44(40)49)48-46(47-42)41-24-10-9-21-38(41)33-17-5-2-6-18-33/h1-31H. The SMILES string of the molecule is c1ccc(-c2ccccc2-c2ccc(-c3cc(-n4c5ccccc5c5ccccc54)nc(-c4ccccc4-c4ccccc4)n3)cc2)cc1. The van der Waals surface area contributed by atoms with Crippen LogP contribution in [0.25, 0.3) is 83.6 Å². The van der Waals surface area contributed by atoms with Gasteiger partial charge in [0.2, 0.25) is 0 Å². The first-order valence-electron chi connectivity index (χ1n) is 16.6. The van der Waals surface area contributed by atoms with Gasteiger partial charge in [-0.1, -0.05) is 170 Å². The molecule has 9 aromatic rings. The summed E-state index contributed by atoms with van der Waals surface area (Å²) < 4.78 is 2.27. The van der Waals surface area contributed by atoms with E-state index in [1.165, 1.54) is 27.5 Å². The molecule has 0 aliphatic heterocycles. The summed E-state index contributed by atoms with van der Waals surface area (Å²) in [6.45, 7) is 0. The van der Waals surface area contributed by atoms with Crippen molar-refractivity contribution in [1.29, 1.82) is 0 Å². The Hall–Kier alpha value is -6.58. The van der Waals surface area contributed by atoms with Crippen molar-refractivity contribution in [2.75, 3.05) is 0 Å². The Bertz CT molecular complexity index is 2530. The van der Waals surface area contributed by atoms with Crippen LogP contribution in [0.15, 0.2) is 188 Å². The van der Waals surface area contributed by atoms with Crippen molar-refractivity contribution in [3.63, 3.8) is 0 Å². The first-order chi connectivity index (χ1) is 24.3. The zero-order valence-corrected chi connectivity index (χ0v) is 26.7. The molecular weight excluding hydrogens is 595 g/mol. The smallest absolute Gasteiger partial charge is 0.162 e. The average Bonchev–Trinajstić information content (AvgIpc) is 3.53. The Morgan fingerprint density at radius 3 is 1.29 bits per heavy atom. The molecule has 0 unspecified atom stereocenters. The van der Waals surface area contributed by atoms with Gasteiger partial charge in [-0.25, -0.2) is 9.97 Å². The molecule has 49 heavy (non-hydrogen) atoms. The highest BCUT2D eigenvalue weighted by molar-refractivity contribution is 6.09. The Morgan fingerprint density at radius 1 is 0.327 bits per heavy atom. The van der Waals surface area contributed by atoms with Crippen molar-refractivity contribution in [2.45, 2.75) is 0 Å². The molecule has 2 aromatic heterocycles. The normalized spacial score (nSPS) is 11.3. The number of para-hydroxylation sites is 2. The second kappa shape index (κ2) is 12.2. The van der Waals surface area contributed by atoms with Gasteiger partial charge in [-0.15, -0.1) is 0 Å². The van der Waals surface area contributed by atoms with Gasteiger partial charge in [0.1, 0.15) is 5.82 Å². The molecule has 3 nitrogen and oxygen atoms in total. The fourth-order valence-electron chi connectivity index (χ4n) is 6.96. The lowest BCUT2D eigenvalue weighted by atomic mass is 9.94. The van der Waals surface area contributed by atoms with Crippen LogP contribution < -0.4 is 0 Å². The van der Waals surface area contributed by atoms with Crippen molar-refractivity contribution >= 4 is 21.8 Å². The number of rotatable bonds is 6. The van der Waals surface area contributed by atoms with Crippen LogP contribution in [0.4, 0.5) is 0 Å². The molecule has 3 heteroatoms. The molecule has 9 rings (SSSR count). The first-order valence-corrected chi connectivity index (χ1v) is 16.6. The van der Waals surface area contributed by atoms with Gasteiger partial charge in [0.05, 0.1) is 16.7 Å². The van der Waals surface area contributed by atoms with E-state index in [-0.39, 0.29) is 0 Å². The number of nitrogens with zero attached hydrogens (tertiary/aromatic N) is 3. The Balaban J connectivity index is 1.24. The summed E-state index contributed by atoms with van der Waals surface area (Å²) in [5.74, 6) is 1.52. The van der Waals surface area contributed by atoms with Gasteiger partial charge in [0, 0.05) is 28.0 Å². The second-order valence-electron chi connectivity index (χ2n) is 12.2. The van der Waals surface area contributed by atoms with E-state index in [1.54, 1.807) is 0 Å². The molecule has 230 valence electrons. The van der Waals surface area contributed by atoms with E-state index in [9.17, 15) is 0 Å². The summed E-state index contributed by atoms with van der Waals surface area (Å²) >= 11 is 0. The Morgan fingerprint density at radius 2 is 0.735 bits per heavy atom. The molecule has 0 N–H and O–H groups in total. The predicted octanol–water partition coefficient (Wildman–Crippen LogP) is 11.9. The van der Waals surface area contributed by atoms with Crippen LogP contribution in [0.2, 0.25) is 0 Å². The maximum atomic E-state index is 5.32. The number of fused-ring (bicyclic) bond motifs is 3. The predicted molar refractivity (Wildman–Crippen MR) is 204 cm³/mol. The van der Waals surface area contributed by atoms with Gasteiger partial charge in [-0.3, -0.25) is 4.57 Å². The van der Waals surface area contributed by atoms with Crippen LogP contribution in [-0.4, -0.2) is 14.5 Å². The topological polar surface area (TPSA) is 30.7 Å². The molecule has 0 amide bonds. The van der Waals surface area contributed by atoms with Crippen LogP contribution in [0.1, 0.15) is 0 Å². The van der Waals surface area contributed by atoms with E-state index >= 15 is 0 Å². The van der Waals surface area contributed by atoms with Crippen LogP contribution in [0, 0.1) is 0 Å². The molecule has 0 saturated carbocycles. The quantitative estimate of drug-likeness (QED) is 0.184. The van der Waals surface area contributed by atoms with E-state index in [2.05, 4.69) is 187 Å². The Labute approximate surface area is 285 Å². The van der Waals surface area contributed by atoms with Crippen molar-refractivity contribution < 1.29 is 0 Å². The minimum atomic E-state index is 0.687. The van der Waals surface area contributed by atoms with Crippen molar-refractivity contribution in [3.05, 3.63) is 188 Å². The third-order valence-corrected chi connectivity index (χ3v) is 9.28. The monoisotopic (exact) mass is 625 g/mol. The maximum absolute atomic E-state index is 5.32. The molecule has 0 saturated heterocycles. The summed E-state index contributed by atoms with van der Waals surface area (Å²) in [6.07, 6.45) is 0. The molecule has 0 radical (unpaired) electrons. The molecule has 0 aliphatic rings. The highest BCUT2D eigenvalue weighted by Gasteiger charge is 2.18. The highest BCUT2D eigenvalue weighted by Crippen LogP contribution is 2.37. The van der Waals surface area contributed by atoms with Crippen molar-refractivity contribution in [2.24, 2.45) is 0 Å². The average molecular weight is 626 g/mol. The van der Waals surface area contributed by atoms with E-state index < -0.39 is 0 Å². The van der Waals surface area contributed by atoms with Gasteiger partial charge < -0.3 is 0 Å². The van der Waals surface area contributed by atoms with Crippen LogP contribution in [0.5, 0.6) is 0 Å².